The van der Waals surface area contributed by atoms with Crippen molar-refractivity contribution in [3.63, 3.8) is 0 Å². The van der Waals surface area contributed by atoms with E-state index in [1.54, 1.807) is 12.1 Å². The average Bonchev–Trinajstić information content (AvgIpc) is 2.98. The van der Waals surface area contributed by atoms with Crippen LogP contribution in [0.3, 0.4) is 0 Å². The van der Waals surface area contributed by atoms with E-state index in [-0.39, 0.29) is 12.2 Å². The number of rotatable bonds is 4. The van der Waals surface area contributed by atoms with Crippen LogP contribution in [0.4, 0.5) is 11.4 Å². The van der Waals surface area contributed by atoms with Crippen molar-refractivity contribution < 1.29 is 18.9 Å². The van der Waals surface area contributed by atoms with Gasteiger partial charge >= 0.3 is 11.8 Å². The lowest BCUT2D eigenvalue weighted by Crippen LogP contribution is -2.34. The summed E-state index contributed by atoms with van der Waals surface area (Å²) in [6.07, 6.45) is 1.46. The molecule has 0 radical (unpaired) electrons. The van der Waals surface area contributed by atoms with Crippen LogP contribution >= 0.6 is 0 Å². The Kier molecular flexibility index (Phi) is 4.30. The summed E-state index contributed by atoms with van der Waals surface area (Å²) in [5, 5.41) is 15.2. The van der Waals surface area contributed by atoms with Crippen molar-refractivity contribution in [1.82, 2.24) is 5.32 Å². The molecular formula is C13H11N3O5. The fourth-order valence-electron chi connectivity index (χ4n) is 1.52. The third-order valence-corrected chi connectivity index (χ3v) is 2.55. The van der Waals surface area contributed by atoms with Crippen molar-refractivity contribution in [2.24, 2.45) is 0 Å². The number of nitro groups is 1. The van der Waals surface area contributed by atoms with Gasteiger partial charge in [-0.25, -0.2) is 0 Å². The van der Waals surface area contributed by atoms with Crippen LogP contribution in [-0.2, 0) is 16.1 Å². The summed E-state index contributed by atoms with van der Waals surface area (Å²) in [7, 11) is 0. The zero-order valence-corrected chi connectivity index (χ0v) is 10.7. The highest BCUT2D eigenvalue weighted by Crippen LogP contribution is 2.15. The van der Waals surface area contributed by atoms with Crippen LogP contribution in [0.25, 0.3) is 0 Å². The SMILES string of the molecule is O=C(NCc1ccco1)C(=O)Nc1ccc([N+](=O)[O-])cc1. The standard InChI is InChI=1S/C13H11N3O5/c17-12(14-8-11-2-1-7-21-11)13(18)15-9-3-5-10(6-4-9)16(19)20/h1-7H,8H2,(H,14,17)(H,15,18). The topological polar surface area (TPSA) is 114 Å². The van der Waals surface area contributed by atoms with E-state index in [9.17, 15) is 19.7 Å². The van der Waals surface area contributed by atoms with Gasteiger partial charge in [0.1, 0.15) is 5.76 Å². The van der Waals surface area contributed by atoms with Gasteiger partial charge in [0.2, 0.25) is 0 Å². The second-order valence-electron chi connectivity index (χ2n) is 4.02. The number of non-ortho nitro benzene ring substituents is 1. The van der Waals surface area contributed by atoms with Gasteiger partial charge in [0.15, 0.2) is 0 Å². The van der Waals surface area contributed by atoms with E-state index >= 15 is 0 Å². The highest BCUT2D eigenvalue weighted by molar-refractivity contribution is 6.39. The molecule has 0 aliphatic heterocycles. The van der Waals surface area contributed by atoms with Gasteiger partial charge in [-0.3, -0.25) is 19.7 Å². The predicted molar refractivity (Wildman–Crippen MR) is 72.3 cm³/mol. The fourth-order valence-corrected chi connectivity index (χ4v) is 1.52. The highest BCUT2D eigenvalue weighted by Gasteiger charge is 2.14. The van der Waals surface area contributed by atoms with Crippen LogP contribution < -0.4 is 10.6 Å². The van der Waals surface area contributed by atoms with Crippen molar-refractivity contribution in [2.75, 3.05) is 5.32 Å². The first-order valence-electron chi connectivity index (χ1n) is 5.92. The van der Waals surface area contributed by atoms with Gasteiger partial charge in [-0.05, 0) is 24.3 Å². The molecule has 0 saturated carbocycles. The number of hydrogen-bond acceptors (Lipinski definition) is 5. The number of furan rings is 1. The molecule has 108 valence electrons. The number of nitrogens with zero attached hydrogens (tertiary/aromatic N) is 1. The average molecular weight is 289 g/mol. The molecule has 0 bridgehead atoms. The predicted octanol–water partition coefficient (Wildman–Crippen LogP) is 1.44. The van der Waals surface area contributed by atoms with Gasteiger partial charge in [0.05, 0.1) is 17.7 Å². The van der Waals surface area contributed by atoms with Gasteiger partial charge in [-0.2, -0.15) is 0 Å². The van der Waals surface area contributed by atoms with Crippen molar-refractivity contribution >= 4 is 23.2 Å². The van der Waals surface area contributed by atoms with Gasteiger partial charge in [0.25, 0.3) is 5.69 Å². The van der Waals surface area contributed by atoms with Crippen LogP contribution in [0, 0.1) is 10.1 Å². The fraction of sp³-hybridized carbons (Fsp3) is 0.0769. The number of nitro benzene ring substituents is 1. The second-order valence-corrected chi connectivity index (χ2v) is 4.02. The molecule has 0 atom stereocenters. The largest absolute Gasteiger partial charge is 0.467 e. The first-order valence-corrected chi connectivity index (χ1v) is 5.92. The Hall–Kier alpha value is -3.16. The third-order valence-electron chi connectivity index (χ3n) is 2.55. The Labute approximate surface area is 118 Å². The summed E-state index contributed by atoms with van der Waals surface area (Å²) in [4.78, 5) is 33.1. The zero-order chi connectivity index (χ0) is 15.2. The minimum atomic E-state index is -0.865. The molecule has 2 aromatic rings. The Balaban J connectivity index is 1.88. The van der Waals surface area contributed by atoms with Crippen molar-refractivity contribution in [3.8, 4) is 0 Å². The summed E-state index contributed by atoms with van der Waals surface area (Å²) in [6, 6.07) is 8.48. The van der Waals surface area contributed by atoms with Gasteiger partial charge in [-0.1, -0.05) is 0 Å². The van der Waals surface area contributed by atoms with E-state index in [0.717, 1.165) is 0 Å². The summed E-state index contributed by atoms with van der Waals surface area (Å²) in [5.74, 6) is -1.17. The molecule has 1 heterocycles. The minimum Gasteiger partial charge on any atom is -0.467 e. The number of amides is 2. The van der Waals surface area contributed by atoms with Crippen molar-refractivity contribution in [1.29, 1.82) is 0 Å². The van der Waals surface area contributed by atoms with E-state index in [1.807, 2.05) is 0 Å². The van der Waals surface area contributed by atoms with Gasteiger partial charge < -0.3 is 15.1 Å². The minimum absolute atomic E-state index is 0.0967. The molecule has 0 spiro atoms. The first-order chi connectivity index (χ1) is 10.1. The molecule has 0 fully saturated rings. The normalized spacial score (nSPS) is 9.90. The van der Waals surface area contributed by atoms with Crippen molar-refractivity contribution in [3.05, 3.63) is 58.5 Å². The maximum atomic E-state index is 11.6. The van der Waals surface area contributed by atoms with Crippen LogP contribution in [0.2, 0.25) is 0 Å². The van der Waals surface area contributed by atoms with E-state index in [0.29, 0.717) is 11.4 Å². The number of carbonyl (C=O) groups excluding carboxylic acids is 2. The molecule has 2 amide bonds. The molecule has 0 saturated heterocycles. The van der Waals surface area contributed by atoms with Gasteiger partial charge in [-0.15, -0.1) is 0 Å². The molecule has 8 heteroatoms. The van der Waals surface area contributed by atoms with Crippen LogP contribution in [0.5, 0.6) is 0 Å². The monoisotopic (exact) mass is 289 g/mol. The Bertz CT molecular complexity index is 649. The molecule has 0 unspecified atom stereocenters. The number of nitrogens with one attached hydrogen (secondary N) is 2. The summed E-state index contributed by atoms with van der Waals surface area (Å²) in [5.41, 5.74) is 0.189. The van der Waals surface area contributed by atoms with E-state index < -0.39 is 16.7 Å². The Morgan fingerprint density at radius 1 is 1.14 bits per heavy atom. The lowest BCUT2D eigenvalue weighted by atomic mass is 10.3. The smallest absolute Gasteiger partial charge is 0.313 e. The summed E-state index contributed by atoms with van der Waals surface area (Å²) in [6.45, 7) is 0.0967. The number of benzene rings is 1. The maximum absolute atomic E-state index is 11.6. The molecule has 21 heavy (non-hydrogen) atoms. The van der Waals surface area contributed by atoms with Gasteiger partial charge in [0, 0.05) is 17.8 Å². The molecule has 2 N–H and O–H groups in total. The summed E-state index contributed by atoms with van der Waals surface area (Å²) >= 11 is 0. The molecule has 1 aromatic heterocycles. The number of carbonyl (C=O) groups is 2. The molecular weight excluding hydrogens is 278 g/mol. The number of hydrogen-bond donors (Lipinski definition) is 2. The zero-order valence-electron chi connectivity index (χ0n) is 10.7. The number of anilines is 1. The molecule has 8 nitrogen and oxygen atoms in total. The van der Waals surface area contributed by atoms with Crippen LogP contribution in [0.1, 0.15) is 5.76 Å². The lowest BCUT2D eigenvalue weighted by molar-refractivity contribution is -0.384. The third kappa shape index (κ3) is 3.90. The first kappa shape index (κ1) is 14.3. The maximum Gasteiger partial charge on any atom is 0.313 e. The van der Waals surface area contributed by atoms with Crippen LogP contribution in [0.15, 0.2) is 47.1 Å². The van der Waals surface area contributed by atoms with E-state index in [2.05, 4.69) is 10.6 Å². The highest BCUT2D eigenvalue weighted by atomic mass is 16.6. The lowest BCUT2D eigenvalue weighted by Gasteiger charge is -2.05. The second kappa shape index (κ2) is 6.33. The Morgan fingerprint density at radius 3 is 2.43 bits per heavy atom. The van der Waals surface area contributed by atoms with E-state index in [4.69, 9.17) is 4.42 Å². The van der Waals surface area contributed by atoms with E-state index in [1.165, 1.54) is 30.5 Å². The van der Waals surface area contributed by atoms with Crippen molar-refractivity contribution in [2.45, 2.75) is 6.54 Å². The molecule has 0 aliphatic rings. The Morgan fingerprint density at radius 2 is 1.86 bits per heavy atom. The molecule has 1 aromatic carbocycles. The summed E-state index contributed by atoms with van der Waals surface area (Å²) < 4.78 is 5.01. The van der Waals surface area contributed by atoms with Crippen LogP contribution in [-0.4, -0.2) is 16.7 Å². The molecule has 0 aliphatic carbocycles. The molecule has 2 rings (SSSR count). The quantitative estimate of drug-likeness (QED) is 0.502.